The summed E-state index contributed by atoms with van der Waals surface area (Å²) in [5.41, 5.74) is 3.16. The van der Waals surface area contributed by atoms with Crippen LogP contribution in [0.2, 0.25) is 0 Å². The standard InChI is InChI=1S/C18H21BrN2O/c1-3-21(17-6-4-5-14(2)13-17)18(22)11-12-20-16-9-7-15(19)8-10-16/h4-10,13,20H,3,11-12H2,1-2H3. The monoisotopic (exact) mass is 360 g/mol. The van der Waals surface area contributed by atoms with Crippen LogP contribution in [0.3, 0.4) is 0 Å². The lowest BCUT2D eigenvalue weighted by Crippen LogP contribution is -2.31. The van der Waals surface area contributed by atoms with Gasteiger partial charge in [-0.25, -0.2) is 0 Å². The number of anilines is 2. The lowest BCUT2D eigenvalue weighted by molar-refractivity contribution is -0.118. The first-order chi connectivity index (χ1) is 10.6. The molecule has 0 fully saturated rings. The number of halogens is 1. The van der Waals surface area contributed by atoms with Crippen molar-refractivity contribution in [1.82, 2.24) is 0 Å². The van der Waals surface area contributed by atoms with E-state index in [9.17, 15) is 4.79 Å². The first-order valence-corrected chi connectivity index (χ1v) is 8.26. The molecule has 116 valence electrons. The molecular formula is C18H21BrN2O. The Morgan fingerprint density at radius 2 is 1.91 bits per heavy atom. The largest absolute Gasteiger partial charge is 0.385 e. The third-order valence-corrected chi connectivity index (χ3v) is 3.97. The van der Waals surface area contributed by atoms with Crippen molar-refractivity contribution in [1.29, 1.82) is 0 Å². The van der Waals surface area contributed by atoms with E-state index in [0.717, 1.165) is 21.4 Å². The summed E-state index contributed by atoms with van der Waals surface area (Å²) < 4.78 is 1.05. The summed E-state index contributed by atoms with van der Waals surface area (Å²) in [7, 11) is 0. The second kappa shape index (κ2) is 7.99. The maximum absolute atomic E-state index is 12.4. The van der Waals surface area contributed by atoms with Crippen LogP contribution in [-0.2, 0) is 4.79 Å². The molecule has 4 heteroatoms. The molecule has 22 heavy (non-hydrogen) atoms. The molecule has 0 unspecified atom stereocenters. The Bertz CT molecular complexity index is 625. The molecule has 2 aromatic carbocycles. The highest BCUT2D eigenvalue weighted by atomic mass is 79.9. The Balaban J connectivity index is 1.91. The molecule has 0 saturated heterocycles. The molecule has 0 bridgehead atoms. The number of hydrogen-bond acceptors (Lipinski definition) is 2. The molecule has 0 saturated carbocycles. The zero-order valence-corrected chi connectivity index (χ0v) is 14.6. The summed E-state index contributed by atoms with van der Waals surface area (Å²) in [6.07, 6.45) is 0.470. The van der Waals surface area contributed by atoms with Crippen molar-refractivity contribution in [2.75, 3.05) is 23.3 Å². The number of aryl methyl sites for hydroxylation is 1. The third kappa shape index (κ3) is 4.60. The molecule has 2 rings (SSSR count). The van der Waals surface area contributed by atoms with Crippen LogP contribution in [0.15, 0.2) is 53.0 Å². The van der Waals surface area contributed by atoms with Crippen LogP contribution in [0.1, 0.15) is 18.9 Å². The predicted octanol–water partition coefficient (Wildman–Crippen LogP) is 4.61. The number of benzene rings is 2. The Kier molecular flexibility index (Phi) is 6.01. The van der Waals surface area contributed by atoms with Crippen LogP contribution in [0.25, 0.3) is 0 Å². The summed E-state index contributed by atoms with van der Waals surface area (Å²) >= 11 is 3.41. The van der Waals surface area contributed by atoms with Gasteiger partial charge in [0.25, 0.3) is 0 Å². The zero-order valence-electron chi connectivity index (χ0n) is 13.0. The number of rotatable bonds is 6. The first kappa shape index (κ1) is 16.6. The SMILES string of the molecule is CCN(C(=O)CCNc1ccc(Br)cc1)c1cccc(C)c1. The third-order valence-electron chi connectivity index (χ3n) is 3.44. The number of nitrogens with zero attached hydrogens (tertiary/aromatic N) is 1. The number of amides is 1. The number of carbonyl (C=O) groups is 1. The first-order valence-electron chi connectivity index (χ1n) is 7.46. The van der Waals surface area contributed by atoms with Crippen molar-refractivity contribution in [2.45, 2.75) is 20.3 Å². The molecule has 0 radical (unpaired) electrons. The predicted molar refractivity (Wildman–Crippen MR) is 96.5 cm³/mol. The van der Waals surface area contributed by atoms with Crippen LogP contribution in [0, 0.1) is 6.92 Å². The Morgan fingerprint density at radius 1 is 1.18 bits per heavy atom. The van der Waals surface area contributed by atoms with Crippen LogP contribution in [0.5, 0.6) is 0 Å². The van der Waals surface area contributed by atoms with Gasteiger partial charge in [-0.1, -0.05) is 28.1 Å². The van der Waals surface area contributed by atoms with Gasteiger partial charge in [0.05, 0.1) is 0 Å². The van der Waals surface area contributed by atoms with Gasteiger partial charge in [0.2, 0.25) is 5.91 Å². The van der Waals surface area contributed by atoms with Crippen LogP contribution in [0.4, 0.5) is 11.4 Å². The second-order valence-corrected chi connectivity index (χ2v) is 6.08. The van der Waals surface area contributed by atoms with E-state index in [1.807, 2.05) is 67.3 Å². The molecule has 2 aromatic rings. The van der Waals surface area contributed by atoms with Crippen LogP contribution in [-0.4, -0.2) is 19.0 Å². The lowest BCUT2D eigenvalue weighted by atomic mass is 10.2. The molecule has 0 aliphatic rings. The van der Waals surface area contributed by atoms with Gasteiger partial charge in [-0.05, 0) is 55.8 Å². The van der Waals surface area contributed by atoms with Crippen molar-refractivity contribution in [3.63, 3.8) is 0 Å². The molecule has 1 amide bonds. The second-order valence-electron chi connectivity index (χ2n) is 5.16. The van der Waals surface area contributed by atoms with Gasteiger partial charge >= 0.3 is 0 Å². The zero-order chi connectivity index (χ0) is 15.9. The molecular weight excluding hydrogens is 340 g/mol. The van der Waals surface area contributed by atoms with Crippen LogP contribution < -0.4 is 10.2 Å². The average molecular weight is 361 g/mol. The average Bonchev–Trinajstić information content (AvgIpc) is 2.50. The lowest BCUT2D eigenvalue weighted by Gasteiger charge is -2.21. The normalized spacial score (nSPS) is 10.3. The van der Waals surface area contributed by atoms with E-state index < -0.39 is 0 Å². The summed E-state index contributed by atoms with van der Waals surface area (Å²) in [6.45, 7) is 5.35. The van der Waals surface area contributed by atoms with E-state index in [-0.39, 0.29) is 5.91 Å². The van der Waals surface area contributed by atoms with Gasteiger partial charge < -0.3 is 10.2 Å². The molecule has 0 aromatic heterocycles. The van der Waals surface area contributed by atoms with E-state index >= 15 is 0 Å². The minimum absolute atomic E-state index is 0.137. The van der Waals surface area contributed by atoms with Gasteiger partial charge in [-0.15, -0.1) is 0 Å². The fourth-order valence-corrected chi connectivity index (χ4v) is 2.58. The maximum Gasteiger partial charge on any atom is 0.228 e. The Hall–Kier alpha value is -1.81. The Morgan fingerprint density at radius 3 is 2.55 bits per heavy atom. The number of nitrogens with one attached hydrogen (secondary N) is 1. The number of carbonyl (C=O) groups excluding carboxylic acids is 1. The highest BCUT2D eigenvalue weighted by molar-refractivity contribution is 9.10. The van der Waals surface area contributed by atoms with E-state index in [0.29, 0.717) is 19.5 Å². The van der Waals surface area contributed by atoms with Crippen LogP contribution >= 0.6 is 15.9 Å². The van der Waals surface area contributed by atoms with E-state index in [4.69, 9.17) is 0 Å². The molecule has 0 spiro atoms. The summed E-state index contributed by atoms with van der Waals surface area (Å²) in [5.74, 6) is 0.137. The molecule has 3 nitrogen and oxygen atoms in total. The molecule has 0 aliphatic heterocycles. The summed E-state index contributed by atoms with van der Waals surface area (Å²) in [5, 5.41) is 3.28. The quantitative estimate of drug-likeness (QED) is 0.815. The van der Waals surface area contributed by atoms with Crippen molar-refractivity contribution in [3.05, 3.63) is 58.6 Å². The van der Waals surface area contributed by atoms with Gasteiger partial charge in [0.15, 0.2) is 0 Å². The van der Waals surface area contributed by atoms with E-state index in [1.54, 1.807) is 0 Å². The molecule has 1 N–H and O–H groups in total. The van der Waals surface area contributed by atoms with Crippen molar-refractivity contribution in [2.24, 2.45) is 0 Å². The maximum atomic E-state index is 12.4. The van der Waals surface area contributed by atoms with Gasteiger partial charge in [-0.3, -0.25) is 4.79 Å². The molecule has 0 heterocycles. The molecule has 0 aliphatic carbocycles. The Labute approximate surface area is 140 Å². The van der Waals surface area contributed by atoms with Crippen molar-refractivity contribution in [3.8, 4) is 0 Å². The summed E-state index contributed by atoms with van der Waals surface area (Å²) in [4.78, 5) is 14.2. The van der Waals surface area contributed by atoms with E-state index in [2.05, 4.69) is 21.2 Å². The minimum Gasteiger partial charge on any atom is -0.385 e. The highest BCUT2D eigenvalue weighted by Gasteiger charge is 2.13. The summed E-state index contributed by atoms with van der Waals surface area (Å²) in [6, 6.07) is 16.0. The topological polar surface area (TPSA) is 32.3 Å². The fourth-order valence-electron chi connectivity index (χ4n) is 2.32. The highest BCUT2D eigenvalue weighted by Crippen LogP contribution is 2.17. The molecule has 0 atom stereocenters. The smallest absolute Gasteiger partial charge is 0.228 e. The van der Waals surface area contributed by atoms with E-state index in [1.165, 1.54) is 0 Å². The van der Waals surface area contributed by atoms with Gasteiger partial charge in [0.1, 0.15) is 0 Å². The minimum atomic E-state index is 0.137. The van der Waals surface area contributed by atoms with Crippen molar-refractivity contribution >= 4 is 33.2 Å². The number of hydrogen-bond donors (Lipinski definition) is 1. The van der Waals surface area contributed by atoms with Crippen molar-refractivity contribution < 1.29 is 4.79 Å². The van der Waals surface area contributed by atoms with Gasteiger partial charge in [-0.2, -0.15) is 0 Å². The fraction of sp³-hybridized carbons (Fsp3) is 0.278. The van der Waals surface area contributed by atoms with Gasteiger partial charge in [0, 0.05) is 35.4 Å².